The third kappa shape index (κ3) is 2.83. The van der Waals surface area contributed by atoms with Gasteiger partial charge in [-0.05, 0) is 6.92 Å². The second-order valence-corrected chi connectivity index (χ2v) is 3.52. The minimum absolute atomic E-state index is 0.124. The first-order valence-corrected chi connectivity index (χ1v) is 4.59. The third-order valence-electron chi connectivity index (χ3n) is 2.43. The van der Waals surface area contributed by atoms with E-state index in [1.54, 1.807) is 6.92 Å². The topological polar surface area (TPSA) is 38.5 Å². The molecule has 1 saturated heterocycles. The van der Waals surface area contributed by atoms with Gasteiger partial charge < -0.3 is 4.74 Å². The number of hydrazine groups is 1. The van der Waals surface area contributed by atoms with Gasteiger partial charge in [0.05, 0.1) is 12.5 Å². The Morgan fingerprint density at radius 3 is 2.57 bits per heavy atom. The molecule has 84 valence electrons. The molecule has 1 aliphatic heterocycles. The molecule has 0 aromatic heterocycles. The zero-order chi connectivity index (χ0) is 10.8. The Kier molecular flexibility index (Phi) is 3.74. The lowest BCUT2D eigenvalue weighted by atomic mass is 9.96. The van der Waals surface area contributed by atoms with Crippen molar-refractivity contribution >= 4 is 0 Å². The summed E-state index contributed by atoms with van der Waals surface area (Å²) in [6, 6.07) is 0. The summed E-state index contributed by atoms with van der Waals surface area (Å²) < 4.78 is 42.4. The van der Waals surface area contributed by atoms with Gasteiger partial charge in [0.15, 0.2) is 0 Å². The van der Waals surface area contributed by atoms with Crippen LogP contribution >= 0.6 is 0 Å². The molecule has 1 aliphatic rings. The molecule has 0 saturated carbocycles. The van der Waals surface area contributed by atoms with Crippen molar-refractivity contribution in [2.45, 2.75) is 13.1 Å². The summed E-state index contributed by atoms with van der Waals surface area (Å²) in [7, 11) is 0. The van der Waals surface area contributed by atoms with Crippen molar-refractivity contribution in [3.63, 3.8) is 0 Å². The zero-order valence-corrected chi connectivity index (χ0v) is 8.05. The quantitative estimate of drug-likeness (QED) is 0.709. The molecule has 2 N–H and O–H groups in total. The van der Waals surface area contributed by atoms with Crippen molar-refractivity contribution in [1.82, 2.24) is 5.01 Å². The van der Waals surface area contributed by atoms with Gasteiger partial charge in [0, 0.05) is 25.6 Å². The number of alkyl halides is 3. The molecular weight excluding hydrogens is 197 g/mol. The van der Waals surface area contributed by atoms with E-state index in [0.717, 1.165) is 0 Å². The molecule has 0 aromatic carbocycles. The molecule has 0 aromatic rings. The van der Waals surface area contributed by atoms with Crippen molar-refractivity contribution in [2.75, 3.05) is 26.3 Å². The fraction of sp³-hybridized carbons (Fsp3) is 1.00. The van der Waals surface area contributed by atoms with Crippen LogP contribution in [0.5, 0.6) is 0 Å². The number of halogens is 3. The summed E-state index contributed by atoms with van der Waals surface area (Å²) in [6.45, 7) is 2.46. The van der Waals surface area contributed by atoms with E-state index in [2.05, 4.69) is 0 Å². The van der Waals surface area contributed by atoms with Gasteiger partial charge in [-0.15, -0.1) is 0 Å². The Hall–Kier alpha value is -0.330. The number of rotatable bonds is 3. The van der Waals surface area contributed by atoms with Crippen LogP contribution in [-0.4, -0.2) is 37.5 Å². The van der Waals surface area contributed by atoms with Gasteiger partial charge >= 0.3 is 6.18 Å². The summed E-state index contributed by atoms with van der Waals surface area (Å²) in [4.78, 5) is 0. The van der Waals surface area contributed by atoms with E-state index in [0.29, 0.717) is 6.61 Å². The molecular formula is C8H15F3N2O. The lowest BCUT2D eigenvalue weighted by molar-refractivity contribution is -0.184. The van der Waals surface area contributed by atoms with Crippen LogP contribution in [0.15, 0.2) is 0 Å². The molecule has 1 heterocycles. The highest BCUT2D eigenvalue weighted by Crippen LogP contribution is 2.36. The van der Waals surface area contributed by atoms with E-state index in [1.807, 2.05) is 0 Å². The summed E-state index contributed by atoms with van der Waals surface area (Å²) in [6.07, 6.45) is -4.17. The van der Waals surface area contributed by atoms with Gasteiger partial charge in [0.2, 0.25) is 0 Å². The number of ether oxygens (including phenoxy) is 1. The molecule has 6 heteroatoms. The second-order valence-electron chi connectivity index (χ2n) is 3.52. The Balaban J connectivity index is 2.54. The predicted octanol–water partition coefficient (Wildman–Crippen LogP) is 1.01. The van der Waals surface area contributed by atoms with Gasteiger partial charge in [0.1, 0.15) is 0 Å². The van der Waals surface area contributed by atoms with E-state index < -0.39 is 18.0 Å². The van der Waals surface area contributed by atoms with E-state index >= 15 is 0 Å². The Morgan fingerprint density at radius 1 is 1.43 bits per heavy atom. The maximum absolute atomic E-state index is 12.5. The fourth-order valence-electron chi connectivity index (χ4n) is 1.71. The normalized spacial score (nSPS) is 29.8. The molecule has 0 bridgehead atoms. The lowest BCUT2D eigenvalue weighted by Crippen LogP contribution is -2.33. The Bertz CT molecular complexity index is 186. The minimum atomic E-state index is -4.17. The second kappa shape index (κ2) is 4.46. The molecule has 1 rings (SSSR count). The van der Waals surface area contributed by atoms with E-state index in [1.165, 1.54) is 5.01 Å². The number of nitrogens with two attached hydrogens (primary N) is 1. The van der Waals surface area contributed by atoms with Gasteiger partial charge in [0.25, 0.3) is 0 Å². The van der Waals surface area contributed by atoms with Crippen molar-refractivity contribution in [3.8, 4) is 0 Å². The standard InChI is InChI=1S/C8H15F3N2O/c1-2-14-5-6-3-13(12)4-7(6)8(9,10)11/h6-7H,2-5,12H2,1H3/t6-,7-/m1/s1. The smallest absolute Gasteiger partial charge is 0.381 e. The molecule has 14 heavy (non-hydrogen) atoms. The van der Waals surface area contributed by atoms with Crippen LogP contribution in [0.2, 0.25) is 0 Å². The maximum Gasteiger partial charge on any atom is 0.393 e. The first-order valence-electron chi connectivity index (χ1n) is 4.59. The highest BCUT2D eigenvalue weighted by Gasteiger charge is 2.49. The maximum atomic E-state index is 12.5. The Morgan fingerprint density at radius 2 is 2.07 bits per heavy atom. The largest absolute Gasteiger partial charge is 0.393 e. The molecule has 0 amide bonds. The number of hydrogen-bond donors (Lipinski definition) is 1. The summed E-state index contributed by atoms with van der Waals surface area (Å²) in [5.41, 5.74) is 0. The third-order valence-corrected chi connectivity index (χ3v) is 2.43. The highest BCUT2D eigenvalue weighted by molar-refractivity contribution is 4.85. The molecule has 1 fully saturated rings. The van der Waals surface area contributed by atoms with Crippen LogP contribution in [-0.2, 0) is 4.74 Å². The lowest BCUT2D eigenvalue weighted by Gasteiger charge is -2.20. The first kappa shape index (κ1) is 11.7. The van der Waals surface area contributed by atoms with Crippen molar-refractivity contribution in [3.05, 3.63) is 0 Å². The van der Waals surface area contributed by atoms with Gasteiger partial charge in [-0.3, -0.25) is 5.84 Å². The SMILES string of the molecule is CCOC[C@H]1CN(N)C[C@H]1C(F)(F)F. The van der Waals surface area contributed by atoms with E-state index in [4.69, 9.17) is 10.6 Å². The highest BCUT2D eigenvalue weighted by atomic mass is 19.4. The van der Waals surface area contributed by atoms with Crippen LogP contribution in [0.1, 0.15) is 6.92 Å². The summed E-state index contributed by atoms with van der Waals surface area (Å²) in [5, 5.41) is 1.21. The summed E-state index contributed by atoms with van der Waals surface area (Å²) >= 11 is 0. The molecule has 2 atom stereocenters. The van der Waals surface area contributed by atoms with Crippen molar-refractivity contribution < 1.29 is 17.9 Å². The van der Waals surface area contributed by atoms with Gasteiger partial charge in [-0.25, -0.2) is 5.01 Å². The van der Waals surface area contributed by atoms with Crippen molar-refractivity contribution in [2.24, 2.45) is 17.7 Å². The van der Waals surface area contributed by atoms with E-state index in [9.17, 15) is 13.2 Å². The van der Waals surface area contributed by atoms with Crippen molar-refractivity contribution in [1.29, 1.82) is 0 Å². The number of hydrogen-bond acceptors (Lipinski definition) is 3. The van der Waals surface area contributed by atoms with Crippen LogP contribution in [0.4, 0.5) is 13.2 Å². The van der Waals surface area contributed by atoms with Crippen LogP contribution in [0.25, 0.3) is 0 Å². The molecule has 3 nitrogen and oxygen atoms in total. The summed E-state index contributed by atoms with van der Waals surface area (Å²) in [5.74, 6) is 3.49. The van der Waals surface area contributed by atoms with Crippen LogP contribution in [0, 0.1) is 11.8 Å². The minimum Gasteiger partial charge on any atom is -0.381 e. The van der Waals surface area contributed by atoms with Gasteiger partial charge in [-0.1, -0.05) is 0 Å². The predicted molar refractivity (Wildman–Crippen MR) is 45.3 cm³/mol. The first-order chi connectivity index (χ1) is 6.45. The average Bonchev–Trinajstić information content (AvgIpc) is 2.42. The molecule has 0 radical (unpaired) electrons. The monoisotopic (exact) mass is 212 g/mol. The zero-order valence-electron chi connectivity index (χ0n) is 8.05. The van der Waals surface area contributed by atoms with Crippen LogP contribution < -0.4 is 5.84 Å². The average molecular weight is 212 g/mol. The van der Waals surface area contributed by atoms with Crippen LogP contribution in [0.3, 0.4) is 0 Å². The molecule has 0 spiro atoms. The molecule has 0 aliphatic carbocycles. The van der Waals surface area contributed by atoms with E-state index in [-0.39, 0.29) is 19.7 Å². The Labute approximate surface area is 81.0 Å². The number of nitrogens with zero attached hydrogens (tertiary/aromatic N) is 1. The van der Waals surface area contributed by atoms with Gasteiger partial charge in [-0.2, -0.15) is 13.2 Å². The fourth-order valence-corrected chi connectivity index (χ4v) is 1.71. The molecule has 0 unspecified atom stereocenters.